The first-order valence-corrected chi connectivity index (χ1v) is 10.7. The second-order valence-corrected chi connectivity index (χ2v) is 8.39. The van der Waals surface area contributed by atoms with Crippen LogP contribution in [0.15, 0.2) is 42.5 Å². The quantitative estimate of drug-likeness (QED) is 0.279. The third-order valence-electron chi connectivity index (χ3n) is 4.72. The van der Waals surface area contributed by atoms with Gasteiger partial charge >= 0.3 is 5.97 Å². The van der Waals surface area contributed by atoms with Crippen molar-refractivity contribution in [2.45, 2.75) is 13.8 Å². The zero-order valence-corrected chi connectivity index (χ0v) is 19.3. The van der Waals surface area contributed by atoms with Gasteiger partial charge in [-0.2, -0.15) is 0 Å². The summed E-state index contributed by atoms with van der Waals surface area (Å²) in [6.07, 6.45) is 0. The monoisotopic (exact) mass is 487 g/mol. The van der Waals surface area contributed by atoms with Crippen molar-refractivity contribution < 1.29 is 24.0 Å². The average Bonchev–Trinajstić information content (AvgIpc) is 3.09. The van der Waals surface area contributed by atoms with Gasteiger partial charge in [-0.25, -0.2) is 4.79 Å². The summed E-state index contributed by atoms with van der Waals surface area (Å²) >= 11 is 6.84. The lowest BCUT2D eigenvalue weighted by atomic mass is 10.1. The van der Waals surface area contributed by atoms with E-state index in [1.165, 1.54) is 19.2 Å². The van der Waals surface area contributed by atoms with Gasteiger partial charge in [0.1, 0.15) is 5.00 Å². The van der Waals surface area contributed by atoms with Crippen LogP contribution in [0.3, 0.4) is 0 Å². The molecule has 11 heteroatoms. The van der Waals surface area contributed by atoms with E-state index in [1.54, 1.807) is 38.1 Å². The molecule has 0 saturated carbocycles. The Hall–Kier alpha value is -3.76. The number of nitrogens with one attached hydrogen (secondary N) is 2. The smallest absolute Gasteiger partial charge is 0.341 e. The van der Waals surface area contributed by atoms with E-state index in [-0.39, 0.29) is 26.7 Å². The fourth-order valence-electron chi connectivity index (χ4n) is 3.04. The first-order valence-electron chi connectivity index (χ1n) is 9.47. The Balaban J connectivity index is 1.95. The summed E-state index contributed by atoms with van der Waals surface area (Å²) in [5.74, 6) is -1.92. The topological polar surface area (TPSA) is 128 Å². The number of aryl methyl sites for hydroxylation is 1. The van der Waals surface area contributed by atoms with Crippen molar-refractivity contribution in [1.29, 1.82) is 0 Å². The van der Waals surface area contributed by atoms with Gasteiger partial charge in [-0.3, -0.25) is 19.7 Å². The van der Waals surface area contributed by atoms with Gasteiger partial charge in [-0.1, -0.05) is 23.7 Å². The first kappa shape index (κ1) is 23.9. The van der Waals surface area contributed by atoms with Crippen molar-refractivity contribution >= 4 is 57.1 Å². The Morgan fingerprint density at radius 1 is 1.06 bits per heavy atom. The van der Waals surface area contributed by atoms with Crippen LogP contribution in [0.2, 0.25) is 5.02 Å². The number of hydrogen-bond donors (Lipinski definition) is 2. The summed E-state index contributed by atoms with van der Waals surface area (Å²) in [6, 6.07) is 10.6. The summed E-state index contributed by atoms with van der Waals surface area (Å²) in [7, 11) is 1.18. The maximum Gasteiger partial charge on any atom is 0.341 e. The predicted molar refractivity (Wildman–Crippen MR) is 126 cm³/mol. The zero-order chi connectivity index (χ0) is 24.3. The number of carbonyl (C=O) groups is 3. The van der Waals surface area contributed by atoms with Crippen LogP contribution in [-0.2, 0) is 4.74 Å². The normalized spacial score (nSPS) is 10.4. The number of esters is 1. The fourth-order valence-corrected chi connectivity index (χ4v) is 4.32. The second kappa shape index (κ2) is 9.80. The van der Waals surface area contributed by atoms with Gasteiger partial charge in [0.2, 0.25) is 0 Å². The number of anilines is 2. The van der Waals surface area contributed by atoms with E-state index in [4.69, 9.17) is 16.3 Å². The number of nitro groups is 1. The van der Waals surface area contributed by atoms with Crippen molar-refractivity contribution in [3.8, 4) is 0 Å². The molecule has 0 fully saturated rings. The highest BCUT2D eigenvalue weighted by Crippen LogP contribution is 2.35. The summed E-state index contributed by atoms with van der Waals surface area (Å²) in [4.78, 5) is 48.8. The molecular formula is C22H18ClN3O6S. The molecule has 0 aliphatic carbocycles. The number of ether oxygens (including phenoxy) is 1. The molecule has 2 amide bonds. The Morgan fingerprint density at radius 3 is 2.42 bits per heavy atom. The maximum atomic E-state index is 12.9. The standard InChI is InChI=1S/C22H18ClN3O6S/c1-11-7-8-13(9-16(11)26(30)31)19(27)25-21-17(22(29)32-3)12(2)18(33-21)20(28)24-15-6-4-5-14(23)10-15/h4-10H,1-3H3,(H,24,28)(H,25,27). The molecule has 0 aliphatic rings. The van der Waals surface area contributed by atoms with Crippen LogP contribution >= 0.6 is 22.9 Å². The van der Waals surface area contributed by atoms with Crippen LogP contribution in [0.25, 0.3) is 0 Å². The number of methoxy groups -OCH3 is 1. The molecule has 33 heavy (non-hydrogen) atoms. The number of halogens is 1. The molecule has 3 rings (SSSR count). The highest BCUT2D eigenvalue weighted by molar-refractivity contribution is 7.19. The number of benzene rings is 2. The zero-order valence-electron chi connectivity index (χ0n) is 17.7. The number of nitrogens with zero attached hydrogens (tertiary/aromatic N) is 1. The van der Waals surface area contributed by atoms with Gasteiger partial charge in [0.05, 0.1) is 22.5 Å². The highest BCUT2D eigenvalue weighted by atomic mass is 35.5. The molecule has 0 radical (unpaired) electrons. The van der Waals surface area contributed by atoms with E-state index >= 15 is 0 Å². The Bertz CT molecular complexity index is 1290. The minimum absolute atomic E-state index is 0.0219. The third-order valence-corrected chi connectivity index (χ3v) is 6.16. The van der Waals surface area contributed by atoms with Gasteiger partial charge in [0, 0.05) is 27.9 Å². The molecule has 0 atom stereocenters. The van der Waals surface area contributed by atoms with Gasteiger partial charge in [0.15, 0.2) is 0 Å². The van der Waals surface area contributed by atoms with E-state index in [2.05, 4.69) is 10.6 Å². The maximum absolute atomic E-state index is 12.9. The molecular weight excluding hydrogens is 470 g/mol. The fraction of sp³-hybridized carbons (Fsp3) is 0.136. The summed E-state index contributed by atoms with van der Waals surface area (Å²) < 4.78 is 4.82. The van der Waals surface area contributed by atoms with Crippen molar-refractivity contribution in [2.24, 2.45) is 0 Å². The predicted octanol–water partition coefficient (Wildman–Crippen LogP) is 5.22. The molecule has 0 aliphatic heterocycles. The molecule has 3 aromatic rings. The summed E-state index contributed by atoms with van der Waals surface area (Å²) in [6.45, 7) is 3.12. The van der Waals surface area contributed by atoms with Crippen LogP contribution in [0.4, 0.5) is 16.4 Å². The van der Waals surface area contributed by atoms with Gasteiger partial charge in [0.25, 0.3) is 17.5 Å². The third kappa shape index (κ3) is 5.18. The van der Waals surface area contributed by atoms with Crippen molar-refractivity contribution in [1.82, 2.24) is 0 Å². The van der Waals surface area contributed by atoms with Gasteiger partial charge < -0.3 is 15.4 Å². The van der Waals surface area contributed by atoms with Crippen molar-refractivity contribution in [3.05, 3.63) is 84.7 Å². The van der Waals surface area contributed by atoms with E-state index in [0.29, 0.717) is 21.8 Å². The molecule has 0 saturated heterocycles. The molecule has 0 bridgehead atoms. The van der Waals surface area contributed by atoms with E-state index in [1.807, 2.05) is 0 Å². The number of rotatable bonds is 6. The number of carbonyl (C=O) groups excluding carboxylic acids is 3. The second-order valence-electron chi connectivity index (χ2n) is 6.93. The first-order chi connectivity index (χ1) is 15.6. The molecule has 170 valence electrons. The number of hydrogen-bond acceptors (Lipinski definition) is 7. The van der Waals surface area contributed by atoms with Crippen LogP contribution < -0.4 is 10.6 Å². The molecule has 0 spiro atoms. The SMILES string of the molecule is COC(=O)c1c(NC(=O)c2ccc(C)c([N+](=O)[O-])c2)sc(C(=O)Nc2cccc(Cl)c2)c1C. The number of amides is 2. The molecule has 1 aromatic heterocycles. The molecule has 1 heterocycles. The van der Waals surface area contributed by atoms with Crippen LogP contribution in [0.1, 0.15) is 41.5 Å². The van der Waals surface area contributed by atoms with Crippen LogP contribution in [0.5, 0.6) is 0 Å². The van der Waals surface area contributed by atoms with E-state index in [0.717, 1.165) is 17.4 Å². The number of thiophene rings is 1. The largest absolute Gasteiger partial charge is 0.465 e. The Morgan fingerprint density at radius 2 is 1.79 bits per heavy atom. The lowest BCUT2D eigenvalue weighted by Crippen LogP contribution is -2.15. The molecule has 2 aromatic carbocycles. The summed E-state index contributed by atoms with van der Waals surface area (Å²) in [5.41, 5.74) is 1.01. The van der Waals surface area contributed by atoms with Gasteiger partial charge in [-0.05, 0) is 43.7 Å². The van der Waals surface area contributed by atoms with Crippen LogP contribution in [0, 0.1) is 24.0 Å². The van der Waals surface area contributed by atoms with E-state index in [9.17, 15) is 24.5 Å². The van der Waals surface area contributed by atoms with Crippen molar-refractivity contribution in [2.75, 3.05) is 17.7 Å². The lowest BCUT2D eigenvalue weighted by molar-refractivity contribution is -0.385. The highest BCUT2D eigenvalue weighted by Gasteiger charge is 2.27. The van der Waals surface area contributed by atoms with Gasteiger partial charge in [-0.15, -0.1) is 11.3 Å². The van der Waals surface area contributed by atoms with Crippen molar-refractivity contribution in [3.63, 3.8) is 0 Å². The van der Waals surface area contributed by atoms with E-state index < -0.39 is 22.7 Å². The Labute approximate surface area is 197 Å². The molecule has 0 unspecified atom stereocenters. The minimum Gasteiger partial charge on any atom is -0.465 e. The summed E-state index contributed by atoms with van der Waals surface area (Å²) in [5, 5.41) is 17.0. The Kier molecular flexibility index (Phi) is 7.10. The number of nitro benzene ring substituents is 1. The van der Waals surface area contributed by atoms with Crippen LogP contribution in [-0.4, -0.2) is 29.8 Å². The molecule has 2 N–H and O–H groups in total. The minimum atomic E-state index is -0.740. The average molecular weight is 488 g/mol. The molecule has 9 nitrogen and oxygen atoms in total. The lowest BCUT2D eigenvalue weighted by Gasteiger charge is -2.07.